The molecule has 1 spiro atoms. The van der Waals surface area contributed by atoms with Crippen molar-refractivity contribution in [2.24, 2.45) is 0 Å². The Morgan fingerprint density at radius 1 is 1.38 bits per heavy atom. The Kier molecular flexibility index (Phi) is 2.55. The highest BCUT2D eigenvalue weighted by Gasteiger charge is 2.77. The van der Waals surface area contributed by atoms with Crippen molar-refractivity contribution in [1.82, 2.24) is 4.90 Å². The smallest absolute Gasteiger partial charge is 0.166 e. The Labute approximate surface area is 141 Å². The number of rotatable bonds is 1. The first-order valence-electron chi connectivity index (χ1n) is 8.67. The van der Waals surface area contributed by atoms with Crippen LogP contribution in [0.3, 0.4) is 0 Å². The van der Waals surface area contributed by atoms with E-state index in [-0.39, 0.29) is 18.4 Å². The molecular formula is C19H23NO4. The van der Waals surface area contributed by atoms with E-state index in [0.717, 1.165) is 29.7 Å². The van der Waals surface area contributed by atoms with Gasteiger partial charge in [0.05, 0.1) is 17.6 Å². The minimum absolute atomic E-state index is 0.0168. The number of hydrogen-bond donors (Lipinski definition) is 3. The summed E-state index contributed by atoms with van der Waals surface area (Å²) in [5.74, 6) is 0.518. The molecule has 2 heterocycles. The zero-order valence-electron chi connectivity index (χ0n) is 13.9. The Morgan fingerprint density at radius 2 is 2.17 bits per heavy atom. The average Bonchev–Trinajstić information content (AvgIpc) is 2.88. The van der Waals surface area contributed by atoms with Crippen molar-refractivity contribution in [2.45, 2.75) is 48.3 Å². The van der Waals surface area contributed by atoms with Crippen LogP contribution < -0.4 is 4.74 Å². The summed E-state index contributed by atoms with van der Waals surface area (Å²) in [5.41, 5.74) is 0.0640. The number of hydrogen-bond acceptors (Lipinski definition) is 5. The van der Waals surface area contributed by atoms with Gasteiger partial charge in [0.2, 0.25) is 0 Å². The van der Waals surface area contributed by atoms with Gasteiger partial charge in [0.1, 0.15) is 0 Å². The van der Waals surface area contributed by atoms with E-state index in [0.29, 0.717) is 25.0 Å². The van der Waals surface area contributed by atoms with Crippen molar-refractivity contribution in [3.8, 4) is 11.5 Å². The Hall–Kier alpha value is -1.56. The summed E-state index contributed by atoms with van der Waals surface area (Å²) >= 11 is 0. The fourth-order valence-corrected chi connectivity index (χ4v) is 6.18. The van der Waals surface area contributed by atoms with Gasteiger partial charge in [-0.1, -0.05) is 12.6 Å². The van der Waals surface area contributed by atoms with Crippen molar-refractivity contribution in [1.29, 1.82) is 0 Å². The van der Waals surface area contributed by atoms with Crippen LogP contribution in [0.1, 0.15) is 30.4 Å². The Morgan fingerprint density at radius 3 is 2.92 bits per heavy atom. The number of likely N-dealkylation sites (tertiary alicyclic amines) is 1. The molecule has 1 aromatic rings. The van der Waals surface area contributed by atoms with E-state index in [2.05, 4.69) is 18.5 Å². The van der Waals surface area contributed by atoms with Gasteiger partial charge in [-0.3, -0.25) is 0 Å². The predicted octanol–water partition coefficient (Wildman–Crippen LogP) is 1.09. The topological polar surface area (TPSA) is 73.2 Å². The highest BCUT2D eigenvalue weighted by molar-refractivity contribution is 5.66. The quantitative estimate of drug-likeness (QED) is 0.673. The van der Waals surface area contributed by atoms with Crippen LogP contribution in [0, 0.1) is 0 Å². The predicted molar refractivity (Wildman–Crippen MR) is 88.3 cm³/mol. The van der Waals surface area contributed by atoms with E-state index in [9.17, 15) is 15.3 Å². The number of phenols is 1. The van der Waals surface area contributed by atoms with Crippen molar-refractivity contribution < 1.29 is 20.1 Å². The molecule has 5 nitrogen and oxygen atoms in total. The fraction of sp³-hybridized carbons (Fsp3) is 0.579. The van der Waals surface area contributed by atoms with Gasteiger partial charge >= 0.3 is 0 Å². The van der Waals surface area contributed by atoms with Gasteiger partial charge in [-0.25, -0.2) is 0 Å². The lowest BCUT2D eigenvalue weighted by molar-refractivity contribution is -0.203. The van der Waals surface area contributed by atoms with E-state index < -0.39 is 16.6 Å². The number of nitrogens with zero attached hydrogens (tertiary/aromatic N) is 1. The van der Waals surface area contributed by atoms with Gasteiger partial charge in [-0.15, -0.1) is 0 Å². The highest BCUT2D eigenvalue weighted by Crippen LogP contribution is 2.69. The number of piperidine rings is 1. The van der Waals surface area contributed by atoms with Gasteiger partial charge in [-0.2, -0.15) is 0 Å². The van der Waals surface area contributed by atoms with Crippen molar-refractivity contribution >= 4 is 0 Å². The lowest BCUT2D eigenvalue weighted by atomic mass is 9.44. The maximum atomic E-state index is 11.9. The molecule has 1 aromatic carbocycles. The molecule has 0 radical (unpaired) electrons. The molecule has 4 aliphatic rings. The van der Waals surface area contributed by atoms with Crippen molar-refractivity contribution in [2.75, 3.05) is 20.2 Å². The molecule has 1 saturated heterocycles. The van der Waals surface area contributed by atoms with E-state index in [4.69, 9.17) is 4.74 Å². The van der Waals surface area contributed by atoms with E-state index in [1.807, 2.05) is 6.07 Å². The normalized spacial score (nSPS) is 42.6. The molecule has 2 aliphatic heterocycles. The lowest BCUT2D eigenvalue weighted by Crippen LogP contribution is -2.79. The molecule has 1 saturated carbocycles. The number of ether oxygens (including phenoxy) is 1. The summed E-state index contributed by atoms with van der Waals surface area (Å²) in [6.45, 7) is 4.78. The van der Waals surface area contributed by atoms with Crippen molar-refractivity contribution in [3.63, 3.8) is 0 Å². The third kappa shape index (κ3) is 1.22. The third-order valence-electron chi connectivity index (χ3n) is 7.29. The molecule has 2 unspecified atom stereocenters. The summed E-state index contributed by atoms with van der Waals surface area (Å²) in [4.78, 5) is 2.23. The molecule has 0 amide bonds. The number of likely N-dealkylation sites (N-methyl/N-ethyl adjacent to an activating group) is 1. The standard InChI is InChI=1S/C19H23NO4/c1-11-5-6-18(23)14-9-12-3-4-13(22)16-15(12)17(18,7-8-20(14)2)19(11,10-21)24-16/h3-4,14,21-23H,1,5-10H2,2H3/t14-,17-,18?,19?/m1/s1. The number of benzene rings is 1. The van der Waals surface area contributed by atoms with Crippen LogP contribution in [0.2, 0.25) is 0 Å². The minimum Gasteiger partial charge on any atom is -0.504 e. The Bertz CT molecular complexity index is 777. The molecule has 2 bridgehead atoms. The second kappa shape index (κ2) is 4.15. The summed E-state index contributed by atoms with van der Waals surface area (Å²) in [5, 5.41) is 32.8. The highest BCUT2D eigenvalue weighted by atomic mass is 16.5. The molecule has 5 rings (SSSR count). The Balaban J connectivity index is 1.92. The average molecular weight is 329 g/mol. The zero-order chi connectivity index (χ0) is 16.9. The van der Waals surface area contributed by atoms with E-state index >= 15 is 0 Å². The number of aliphatic hydroxyl groups is 2. The largest absolute Gasteiger partial charge is 0.504 e. The summed E-state index contributed by atoms with van der Waals surface area (Å²) in [7, 11) is 2.06. The number of aromatic hydroxyl groups is 1. The first-order valence-corrected chi connectivity index (χ1v) is 8.67. The first kappa shape index (κ1) is 14.8. The van der Waals surface area contributed by atoms with Crippen LogP contribution in [0.5, 0.6) is 11.5 Å². The van der Waals surface area contributed by atoms with Crippen LogP contribution >= 0.6 is 0 Å². The SMILES string of the molecule is C=C1CCC2(O)[C@H]3Cc4ccc(O)c5c4[C@@]2(CCN3C)C1(CO)O5. The lowest BCUT2D eigenvalue weighted by Gasteiger charge is -2.66. The monoisotopic (exact) mass is 329 g/mol. The molecule has 3 N–H and O–H groups in total. The molecule has 2 fully saturated rings. The van der Waals surface area contributed by atoms with Crippen LogP contribution in [-0.2, 0) is 11.8 Å². The number of aliphatic hydroxyl groups excluding tert-OH is 1. The van der Waals surface area contributed by atoms with Crippen LogP contribution in [0.4, 0.5) is 0 Å². The summed E-state index contributed by atoms with van der Waals surface area (Å²) < 4.78 is 6.28. The molecule has 5 heteroatoms. The first-order chi connectivity index (χ1) is 11.4. The maximum Gasteiger partial charge on any atom is 0.166 e. The van der Waals surface area contributed by atoms with Gasteiger partial charge in [-0.05, 0) is 56.5 Å². The van der Waals surface area contributed by atoms with E-state index in [1.165, 1.54) is 0 Å². The van der Waals surface area contributed by atoms with Crippen LogP contribution in [0.15, 0.2) is 24.3 Å². The molecule has 24 heavy (non-hydrogen) atoms. The van der Waals surface area contributed by atoms with Gasteiger partial charge in [0, 0.05) is 11.6 Å². The minimum atomic E-state index is -1.05. The van der Waals surface area contributed by atoms with Gasteiger partial charge < -0.3 is 25.0 Å². The number of phenolic OH excluding ortho intramolecular Hbond substituents is 1. The zero-order valence-corrected chi connectivity index (χ0v) is 13.9. The molecule has 4 atom stereocenters. The van der Waals surface area contributed by atoms with Gasteiger partial charge in [0.15, 0.2) is 17.1 Å². The molecule has 128 valence electrons. The van der Waals surface area contributed by atoms with E-state index in [1.54, 1.807) is 6.07 Å². The molecule has 0 aromatic heterocycles. The fourth-order valence-electron chi connectivity index (χ4n) is 6.18. The van der Waals surface area contributed by atoms with Crippen LogP contribution in [0.25, 0.3) is 0 Å². The third-order valence-corrected chi connectivity index (χ3v) is 7.29. The second-order valence-corrected chi connectivity index (χ2v) is 7.92. The maximum absolute atomic E-state index is 11.9. The van der Waals surface area contributed by atoms with Crippen LogP contribution in [-0.4, -0.2) is 57.7 Å². The second-order valence-electron chi connectivity index (χ2n) is 7.92. The molecule has 2 aliphatic carbocycles. The molecular weight excluding hydrogens is 306 g/mol. The van der Waals surface area contributed by atoms with Gasteiger partial charge in [0.25, 0.3) is 0 Å². The summed E-state index contributed by atoms with van der Waals surface area (Å²) in [6, 6.07) is 3.59. The van der Waals surface area contributed by atoms with Crippen molar-refractivity contribution in [3.05, 3.63) is 35.4 Å². The summed E-state index contributed by atoms with van der Waals surface area (Å²) in [6.07, 6.45) is 2.64.